The minimum Gasteiger partial charge on any atom is -0.493 e. The fourth-order valence-corrected chi connectivity index (χ4v) is 3.54. The first-order valence-corrected chi connectivity index (χ1v) is 9.16. The lowest BCUT2D eigenvalue weighted by molar-refractivity contribution is -0.135. The van der Waals surface area contributed by atoms with Crippen LogP contribution in [0.4, 0.5) is 0 Å². The number of ether oxygens (including phenoxy) is 3. The van der Waals surface area contributed by atoms with E-state index in [1.807, 2.05) is 0 Å². The lowest BCUT2D eigenvalue weighted by Crippen LogP contribution is -2.54. The second-order valence-corrected chi connectivity index (χ2v) is 6.69. The van der Waals surface area contributed by atoms with Gasteiger partial charge in [-0.1, -0.05) is 0 Å². The highest BCUT2D eigenvalue weighted by molar-refractivity contribution is 5.96. The number of carbonyl (C=O) groups is 3. The monoisotopic (exact) mass is 391 g/mol. The molecule has 0 spiro atoms. The van der Waals surface area contributed by atoms with Gasteiger partial charge in [-0.3, -0.25) is 14.4 Å². The van der Waals surface area contributed by atoms with Gasteiger partial charge in [0.2, 0.25) is 17.6 Å². The fraction of sp³-hybridized carbons (Fsp3) is 0.526. The molecule has 0 radical (unpaired) electrons. The van der Waals surface area contributed by atoms with E-state index in [2.05, 4.69) is 5.32 Å². The molecular weight excluding hydrogens is 366 g/mol. The average molecular weight is 391 g/mol. The summed E-state index contributed by atoms with van der Waals surface area (Å²) in [6.45, 7) is 1.70. The molecule has 28 heavy (non-hydrogen) atoms. The van der Waals surface area contributed by atoms with Crippen molar-refractivity contribution in [1.82, 2.24) is 15.1 Å². The van der Waals surface area contributed by atoms with Crippen LogP contribution in [0.15, 0.2) is 12.1 Å². The van der Waals surface area contributed by atoms with E-state index in [-0.39, 0.29) is 17.7 Å². The molecule has 0 aliphatic carbocycles. The van der Waals surface area contributed by atoms with Gasteiger partial charge in [-0.15, -0.1) is 0 Å². The van der Waals surface area contributed by atoms with Crippen molar-refractivity contribution in [1.29, 1.82) is 0 Å². The number of hydrogen-bond acceptors (Lipinski definition) is 6. The zero-order valence-corrected chi connectivity index (χ0v) is 16.3. The largest absolute Gasteiger partial charge is 0.493 e. The Labute approximate surface area is 163 Å². The van der Waals surface area contributed by atoms with Crippen LogP contribution in [0.5, 0.6) is 17.2 Å². The lowest BCUT2D eigenvalue weighted by Gasteiger charge is -2.36. The summed E-state index contributed by atoms with van der Waals surface area (Å²) in [5.74, 6) is 0.920. The van der Waals surface area contributed by atoms with Gasteiger partial charge in [0.25, 0.3) is 5.91 Å². The molecule has 2 saturated heterocycles. The third-order valence-electron chi connectivity index (χ3n) is 5.08. The number of carbonyl (C=O) groups excluding carboxylic acids is 3. The molecule has 152 valence electrons. The van der Waals surface area contributed by atoms with Crippen LogP contribution in [0.3, 0.4) is 0 Å². The molecule has 1 unspecified atom stereocenters. The molecule has 3 rings (SSSR count). The highest BCUT2D eigenvalue weighted by Gasteiger charge is 2.33. The number of nitrogens with one attached hydrogen (secondary N) is 1. The maximum atomic E-state index is 12.9. The Bertz CT molecular complexity index is 748. The van der Waals surface area contributed by atoms with E-state index in [4.69, 9.17) is 14.2 Å². The summed E-state index contributed by atoms with van der Waals surface area (Å²) in [5.41, 5.74) is 0.428. The van der Waals surface area contributed by atoms with E-state index < -0.39 is 6.04 Å². The standard InChI is InChI=1S/C19H25N3O6/c1-26-14-10-12(11-15(27-2)17(14)28-3)18(24)21-6-8-22(9-7-21)19(25)13-4-5-16(23)20-13/h10-11,13H,4-9H2,1-3H3,(H,20,23). The third-order valence-corrected chi connectivity index (χ3v) is 5.08. The van der Waals surface area contributed by atoms with Crippen molar-refractivity contribution in [3.05, 3.63) is 17.7 Å². The first-order valence-electron chi connectivity index (χ1n) is 9.16. The van der Waals surface area contributed by atoms with Gasteiger partial charge in [0, 0.05) is 38.2 Å². The fourth-order valence-electron chi connectivity index (χ4n) is 3.54. The van der Waals surface area contributed by atoms with Crippen LogP contribution in [-0.2, 0) is 9.59 Å². The Balaban J connectivity index is 1.67. The molecule has 0 saturated carbocycles. The molecule has 1 atom stereocenters. The normalized spacial score (nSPS) is 19.2. The van der Waals surface area contributed by atoms with Gasteiger partial charge in [0.1, 0.15) is 6.04 Å². The van der Waals surface area contributed by atoms with Crippen LogP contribution in [0, 0.1) is 0 Å². The Kier molecular flexibility index (Phi) is 5.91. The van der Waals surface area contributed by atoms with Gasteiger partial charge in [-0.25, -0.2) is 0 Å². The molecule has 3 amide bonds. The number of benzene rings is 1. The van der Waals surface area contributed by atoms with Crippen LogP contribution in [0.1, 0.15) is 23.2 Å². The predicted octanol–water partition coefficient (Wildman–Crippen LogP) is 0.275. The van der Waals surface area contributed by atoms with Crippen LogP contribution in [-0.4, -0.2) is 81.1 Å². The summed E-state index contributed by atoms with van der Waals surface area (Å²) >= 11 is 0. The van der Waals surface area contributed by atoms with Crippen LogP contribution in [0.2, 0.25) is 0 Å². The van der Waals surface area contributed by atoms with Gasteiger partial charge < -0.3 is 29.3 Å². The van der Waals surface area contributed by atoms with E-state index in [0.717, 1.165) is 0 Å². The first kappa shape index (κ1) is 19.8. The summed E-state index contributed by atoms with van der Waals surface area (Å²) in [4.78, 5) is 40.1. The van der Waals surface area contributed by atoms with E-state index >= 15 is 0 Å². The van der Waals surface area contributed by atoms with E-state index in [0.29, 0.717) is 61.8 Å². The number of methoxy groups -OCH3 is 3. The van der Waals surface area contributed by atoms with Crippen molar-refractivity contribution < 1.29 is 28.6 Å². The molecule has 1 aromatic carbocycles. The van der Waals surface area contributed by atoms with Gasteiger partial charge in [0.15, 0.2) is 11.5 Å². The molecule has 9 nitrogen and oxygen atoms in total. The second kappa shape index (κ2) is 8.37. The van der Waals surface area contributed by atoms with Crippen molar-refractivity contribution in [2.24, 2.45) is 0 Å². The van der Waals surface area contributed by atoms with Gasteiger partial charge in [0.05, 0.1) is 21.3 Å². The Morgan fingerprint density at radius 2 is 1.54 bits per heavy atom. The summed E-state index contributed by atoms with van der Waals surface area (Å²) < 4.78 is 15.9. The van der Waals surface area contributed by atoms with Crippen molar-refractivity contribution in [3.8, 4) is 17.2 Å². The van der Waals surface area contributed by atoms with E-state index in [9.17, 15) is 14.4 Å². The number of rotatable bonds is 5. The predicted molar refractivity (Wildman–Crippen MR) is 99.7 cm³/mol. The molecule has 0 aromatic heterocycles. The molecule has 2 aliphatic heterocycles. The number of amides is 3. The van der Waals surface area contributed by atoms with Crippen LogP contribution in [0.25, 0.3) is 0 Å². The zero-order valence-electron chi connectivity index (χ0n) is 16.3. The summed E-state index contributed by atoms with van der Waals surface area (Å²) in [6, 6.07) is 2.80. The quantitative estimate of drug-likeness (QED) is 0.774. The first-order chi connectivity index (χ1) is 13.5. The molecule has 1 N–H and O–H groups in total. The third kappa shape index (κ3) is 3.83. The molecule has 0 bridgehead atoms. The van der Waals surface area contributed by atoms with Crippen LogP contribution < -0.4 is 19.5 Å². The van der Waals surface area contributed by atoms with Gasteiger partial charge >= 0.3 is 0 Å². The molecule has 2 fully saturated rings. The smallest absolute Gasteiger partial charge is 0.254 e. The maximum Gasteiger partial charge on any atom is 0.254 e. The van der Waals surface area contributed by atoms with Crippen molar-refractivity contribution in [2.45, 2.75) is 18.9 Å². The highest BCUT2D eigenvalue weighted by Crippen LogP contribution is 2.38. The average Bonchev–Trinajstić information content (AvgIpc) is 3.17. The Morgan fingerprint density at radius 3 is 2.00 bits per heavy atom. The minimum atomic E-state index is -0.440. The van der Waals surface area contributed by atoms with Crippen molar-refractivity contribution in [3.63, 3.8) is 0 Å². The van der Waals surface area contributed by atoms with Crippen LogP contribution >= 0.6 is 0 Å². The Hall–Kier alpha value is -2.97. The molecule has 2 heterocycles. The summed E-state index contributed by atoms with van der Waals surface area (Å²) in [5, 5.41) is 2.70. The SMILES string of the molecule is COc1cc(C(=O)N2CCN(C(=O)C3CCC(=O)N3)CC2)cc(OC)c1OC. The number of piperazine rings is 1. The molecule has 9 heteroatoms. The zero-order chi connectivity index (χ0) is 20.3. The summed E-state index contributed by atoms with van der Waals surface area (Å²) in [7, 11) is 4.50. The molecule has 2 aliphatic rings. The summed E-state index contributed by atoms with van der Waals surface area (Å²) in [6.07, 6.45) is 0.915. The highest BCUT2D eigenvalue weighted by atomic mass is 16.5. The topological polar surface area (TPSA) is 97.4 Å². The lowest BCUT2D eigenvalue weighted by atomic mass is 10.1. The number of hydrogen-bond donors (Lipinski definition) is 1. The van der Waals surface area contributed by atoms with Crippen molar-refractivity contribution in [2.75, 3.05) is 47.5 Å². The molecular formula is C19H25N3O6. The second-order valence-electron chi connectivity index (χ2n) is 6.69. The van der Waals surface area contributed by atoms with E-state index in [1.165, 1.54) is 21.3 Å². The van der Waals surface area contributed by atoms with E-state index in [1.54, 1.807) is 21.9 Å². The maximum absolute atomic E-state index is 12.9. The molecule has 1 aromatic rings. The Morgan fingerprint density at radius 1 is 0.964 bits per heavy atom. The van der Waals surface area contributed by atoms with Gasteiger partial charge in [-0.05, 0) is 18.6 Å². The van der Waals surface area contributed by atoms with Crippen molar-refractivity contribution >= 4 is 17.7 Å². The minimum absolute atomic E-state index is 0.0780. The number of nitrogens with zero attached hydrogens (tertiary/aromatic N) is 2. The van der Waals surface area contributed by atoms with Gasteiger partial charge in [-0.2, -0.15) is 0 Å².